The average Bonchev–Trinajstić information content (AvgIpc) is 2.66. The lowest BCUT2D eigenvalue weighted by Gasteiger charge is -2.20. The molecule has 6 heteroatoms. The molecule has 140 valence electrons. The molecule has 0 heterocycles. The highest BCUT2D eigenvalue weighted by Crippen LogP contribution is 2.22. The van der Waals surface area contributed by atoms with Crippen LogP contribution < -0.4 is 14.8 Å². The fraction of sp³-hybridized carbons (Fsp3) is 0.350. The molecule has 2 aromatic rings. The molecule has 0 aliphatic carbocycles. The van der Waals surface area contributed by atoms with Gasteiger partial charge in [-0.15, -0.1) is 0 Å². The number of amides is 1. The van der Waals surface area contributed by atoms with Crippen molar-refractivity contribution in [1.29, 1.82) is 0 Å². The first kappa shape index (κ1) is 19.7. The lowest BCUT2D eigenvalue weighted by atomic mass is 10.3. The Kier molecular flexibility index (Phi) is 7.89. The van der Waals surface area contributed by atoms with Crippen molar-refractivity contribution in [3.8, 4) is 11.5 Å². The van der Waals surface area contributed by atoms with E-state index in [1.807, 2.05) is 30.0 Å². The maximum Gasteiger partial charge on any atom is 0.238 e. The monoisotopic (exact) mass is 360 g/mol. The maximum atomic E-state index is 12.8. The number of methoxy groups -OCH3 is 1. The fourth-order valence-corrected chi connectivity index (χ4v) is 2.50. The number of hydrogen-bond donors (Lipinski definition) is 1. The molecule has 2 rings (SSSR count). The standard InChI is InChI=1S/C20H25FN2O3/c1-3-23(13-6-14-26-17-11-9-16(21)10-12-17)15-20(24)22-18-7-4-5-8-19(18)25-2/h4-5,7-12H,3,6,13-15H2,1-2H3,(H,22,24). The summed E-state index contributed by atoms with van der Waals surface area (Å²) < 4.78 is 23.7. The van der Waals surface area contributed by atoms with Crippen LogP contribution >= 0.6 is 0 Å². The molecule has 2 aromatic carbocycles. The second kappa shape index (κ2) is 10.4. The number of para-hydroxylation sites is 2. The van der Waals surface area contributed by atoms with Crippen molar-refractivity contribution in [3.05, 3.63) is 54.3 Å². The van der Waals surface area contributed by atoms with E-state index in [2.05, 4.69) is 5.32 Å². The Hall–Kier alpha value is -2.60. The predicted molar refractivity (Wildman–Crippen MR) is 100 cm³/mol. The summed E-state index contributed by atoms with van der Waals surface area (Å²) in [4.78, 5) is 14.3. The van der Waals surface area contributed by atoms with Gasteiger partial charge >= 0.3 is 0 Å². The first-order chi connectivity index (χ1) is 12.6. The van der Waals surface area contributed by atoms with E-state index in [0.717, 1.165) is 19.5 Å². The molecule has 0 saturated heterocycles. The van der Waals surface area contributed by atoms with Gasteiger partial charge in [0, 0.05) is 6.54 Å². The van der Waals surface area contributed by atoms with Crippen molar-refractivity contribution < 1.29 is 18.7 Å². The Morgan fingerprint density at radius 2 is 1.88 bits per heavy atom. The SMILES string of the molecule is CCN(CCCOc1ccc(F)cc1)CC(=O)Nc1ccccc1OC. The number of anilines is 1. The van der Waals surface area contributed by atoms with E-state index in [4.69, 9.17) is 9.47 Å². The maximum absolute atomic E-state index is 12.8. The van der Waals surface area contributed by atoms with E-state index in [1.54, 1.807) is 25.3 Å². The van der Waals surface area contributed by atoms with Gasteiger partial charge < -0.3 is 14.8 Å². The number of benzene rings is 2. The molecule has 0 fully saturated rings. The van der Waals surface area contributed by atoms with Crippen LogP contribution in [-0.2, 0) is 4.79 Å². The van der Waals surface area contributed by atoms with Crippen LogP contribution in [0.25, 0.3) is 0 Å². The van der Waals surface area contributed by atoms with Gasteiger partial charge in [-0.05, 0) is 49.4 Å². The minimum atomic E-state index is -0.282. The van der Waals surface area contributed by atoms with Gasteiger partial charge in [0.05, 0.1) is 25.9 Å². The van der Waals surface area contributed by atoms with Crippen LogP contribution in [-0.4, -0.2) is 44.2 Å². The molecule has 0 unspecified atom stereocenters. The van der Waals surface area contributed by atoms with Crippen molar-refractivity contribution in [2.45, 2.75) is 13.3 Å². The number of nitrogens with zero attached hydrogens (tertiary/aromatic N) is 1. The second-order valence-corrected chi connectivity index (χ2v) is 5.77. The van der Waals surface area contributed by atoms with Gasteiger partial charge in [-0.2, -0.15) is 0 Å². The molecule has 0 bridgehead atoms. The Balaban J connectivity index is 1.74. The van der Waals surface area contributed by atoms with Crippen molar-refractivity contribution >= 4 is 11.6 Å². The van der Waals surface area contributed by atoms with Crippen LogP contribution in [0.3, 0.4) is 0 Å². The molecule has 26 heavy (non-hydrogen) atoms. The Bertz CT molecular complexity index is 692. The van der Waals surface area contributed by atoms with Crippen molar-refractivity contribution in [1.82, 2.24) is 4.90 Å². The van der Waals surface area contributed by atoms with E-state index in [1.165, 1.54) is 12.1 Å². The number of carbonyl (C=O) groups excluding carboxylic acids is 1. The molecule has 5 nitrogen and oxygen atoms in total. The van der Waals surface area contributed by atoms with Crippen LogP contribution in [0.1, 0.15) is 13.3 Å². The van der Waals surface area contributed by atoms with Crippen LogP contribution in [0, 0.1) is 5.82 Å². The highest BCUT2D eigenvalue weighted by atomic mass is 19.1. The molecular formula is C20H25FN2O3. The zero-order valence-corrected chi connectivity index (χ0v) is 15.2. The number of carbonyl (C=O) groups is 1. The van der Waals surface area contributed by atoms with E-state index in [0.29, 0.717) is 30.3 Å². The number of ether oxygens (including phenoxy) is 2. The molecule has 0 aromatic heterocycles. The third kappa shape index (κ3) is 6.37. The van der Waals surface area contributed by atoms with Crippen LogP contribution in [0.5, 0.6) is 11.5 Å². The quantitative estimate of drug-likeness (QED) is 0.658. The molecule has 1 amide bonds. The minimum Gasteiger partial charge on any atom is -0.495 e. The van der Waals surface area contributed by atoms with Crippen molar-refractivity contribution in [3.63, 3.8) is 0 Å². The molecular weight excluding hydrogens is 335 g/mol. The van der Waals surface area contributed by atoms with Crippen molar-refractivity contribution in [2.24, 2.45) is 0 Å². The zero-order valence-electron chi connectivity index (χ0n) is 15.2. The molecule has 0 atom stereocenters. The van der Waals surface area contributed by atoms with E-state index in [9.17, 15) is 9.18 Å². The summed E-state index contributed by atoms with van der Waals surface area (Å²) in [6.45, 7) is 4.31. The summed E-state index contributed by atoms with van der Waals surface area (Å²) in [7, 11) is 1.57. The average molecular weight is 360 g/mol. The summed E-state index contributed by atoms with van der Waals surface area (Å²) in [6, 6.07) is 13.3. The zero-order chi connectivity index (χ0) is 18.8. The summed E-state index contributed by atoms with van der Waals surface area (Å²) in [5.74, 6) is 0.909. The molecule has 0 aliphatic rings. The van der Waals surface area contributed by atoms with Gasteiger partial charge in [-0.3, -0.25) is 9.69 Å². The number of rotatable bonds is 10. The summed E-state index contributed by atoms with van der Waals surface area (Å²) in [6.07, 6.45) is 0.771. The van der Waals surface area contributed by atoms with Gasteiger partial charge in [-0.1, -0.05) is 19.1 Å². The first-order valence-electron chi connectivity index (χ1n) is 8.66. The van der Waals surface area contributed by atoms with Gasteiger partial charge in [0.2, 0.25) is 5.91 Å². The largest absolute Gasteiger partial charge is 0.495 e. The summed E-state index contributed by atoms with van der Waals surface area (Å²) >= 11 is 0. The topological polar surface area (TPSA) is 50.8 Å². The van der Waals surface area contributed by atoms with E-state index in [-0.39, 0.29) is 11.7 Å². The van der Waals surface area contributed by atoms with Gasteiger partial charge in [-0.25, -0.2) is 4.39 Å². The highest BCUT2D eigenvalue weighted by molar-refractivity contribution is 5.93. The fourth-order valence-electron chi connectivity index (χ4n) is 2.50. The van der Waals surface area contributed by atoms with Crippen molar-refractivity contribution in [2.75, 3.05) is 38.7 Å². The highest BCUT2D eigenvalue weighted by Gasteiger charge is 2.11. The van der Waals surface area contributed by atoms with Crippen LogP contribution in [0.4, 0.5) is 10.1 Å². The number of likely N-dealkylation sites (N-methyl/N-ethyl adjacent to an activating group) is 1. The number of halogens is 1. The number of hydrogen-bond acceptors (Lipinski definition) is 4. The third-order valence-electron chi connectivity index (χ3n) is 3.90. The third-order valence-corrected chi connectivity index (χ3v) is 3.90. The second-order valence-electron chi connectivity index (χ2n) is 5.77. The first-order valence-corrected chi connectivity index (χ1v) is 8.66. The smallest absolute Gasteiger partial charge is 0.238 e. The van der Waals surface area contributed by atoms with Gasteiger partial charge in [0.15, 0.2) is 0 Å². The molecule has 1 N–H and O–H groups in total. The molecule has 0 radical (unpaired) electrons. The minimum absolute atomic E-state index is 0.0872. The van der Waals surface area contributed by atoms with E-state index >= 15 is 0 Å². The predicted octanol–water partition coefficient (Wildman–Crippen LogP) is 3.56. The molecule has 0 aliphatic heterocycles. The normalized spacial score (nSPS) is 10.6. The Labute approximate surface area is 153 Å². The van der Waals surface area contributed by atoms with E-state index < -0.39 is 0 Å². The van der Waals surface area contributed by atoms with Crippen LogP contribution in [0.2, 0.25) is 0 Å². The van der Waals surface area contributed by atoms with Gasteiger partial charge in [0.1, 0.15) is 17.3 Å². The lowest BCUT2D eigenvalue weighted by molar-refractivity contribution is -0.117. The molecule has 0 saturated carbocycles. The van der Waals surface area contributed by atoms with Gasteiger partial charge in [0.25, 0.3) is 0 Å². The van der Waals surface area contributed by atoms with Crippen LogP contribution in [0.15, 0.2) is 48.5 Å². The summed E-state index contributed by atoms with van der Waals surface area (Å²) in [5, 5.41) is 2.88. The Morgan fingerprint density at radius 1 is 1.15 bits per heavy atom. The molecule has 0 spiro atoms. The lowest BCUT2D eigenvalue weighted by Crippen LogP contribution is -2.34. The number of nitrogens with one attached hydrogen (secondary N) is 1. The summed E-state index contributed by atoms with van der Waals surface area (Å²) in [5.41, 5.74) is 0.663. The Morgan fingerprint density at radius 3 is 2.58 bits per heavy atom.